The predicted molar refractivity (Wildman–Crippen MR) is 97.2 cm³/mol. The van der Waals surface area contributed by atoms with Gasteiger partial charge in [-0.05, 0) is 36.2 Å². The quantitative estimate of drug-likeness (QED) is 0.638. The van der Waals surface area contributed by atoms with Crippen LogP contribution in [0.5, 0.6) is 0 Å². The van der Waals surface area contributed by atoms with Gasteiger partial charge in [-0.3, -0.25) is 4.79 Å². The van der Waals surface area contributed by atoms with Crippen molar-refractivity contribution in [2.75, 3.05) is 7.11 Å². The van der Waals surface area contributed by atoms with Crippen molar-refractivity contribution in [3.05, 3.63) is 11.8 Å². The minimum Gasteiger partial charge on any atom is -0.493 e. The van der Waals surface area contributed by atoms with Crippen LogP contribution < -0.4 is 0 Å². The van der Waals surface area contributed by atoms with Crippen LogP contribution in [-0.2, 0) is 14.3 Å². The Kier molecular flexibility index (Phi) is 4.32. The van der Waals surface area contributed by atoms with Crippen LogP contribution in [-0.4, -0.2) is 52.8 Å². The summed E-state index contributed by atoms with van der Waals surface area (Å²) in [6.45, 7) is 7.99. The Balaban J connectivity index is 1.91. The van der Waals surface area contributed by atoms with Crippen LogP contribution in [0.15, 0.2) is 11.8 Å². The summed E-state index contributed by atoms with van der Waals surface area (Å²) in [5.74, 6) is -0.416. The molecule has 0 bridgehead atoms. The zero-order valence-corrected chi connectivity index (χ0v) is 16.8. The van der Waals surface area contributed by atoms with Crippen LogP contribution in [0.1, 0.15) is 40.5 Å². The molecule has 152 valence electrons. The highest BCUT2D eigenvalue weighted by Gasteiger charge is 2.72. The Hall–Kier alpha value is -0.950. The Morgan fingerprint density at radius 1 is 1.11 bits per heavy atom. The maximum absolute atomic E-state index is 13.5. The fourth-order valence-electron chi connectivity index (χ4n) is 7.37. The molecule has 0 aromatic heterocycles. The highest BCUT2D eigenvalue weighted by Crippen LogP contribution is 2.68. The largest absolute Gasteiger partial charge is 0.493 e. The smallest absolute Gasteiger partial charge is 0.203 e. The van der Waals surface area contributed by atoms with Gasteiger partial charge in [-0.1, -0.05) is 27.7 Å². The molecule has 3 fully saturated rings. The fraction of sp³-hybridized carbons (Fsp3) is 0.857. The van der Waals surface area contributed by atoms with Gasteiger partial charge in [0.25, 0.3) is 0 Å². The number of Topliss-reactive ketones (excluding diaryl/α,β-unsaturated/α-hetero) is 1. The number of ether oxygens (including phenoxy) is 2. The molecule has 0 aromatic rings. The van der Waals surface area contributed by atoms with E-state index in [9.17, 15) is 20.1 Å². The summed E-state index contributed by atoms with van der Waals surface area (Å²) in [5, 5.41) is 32.4. The van der Waals surface area contributed by atoms with Crippen LogP contribution in [0.3, 0.4) is 0 Å². The van der Waals surface area contributed by atoms with Crippen LogP contribution in [0.4, 0.5) is 0 Å². The molecule has 1 heterocycles. The van der Waals surface area contributed by atoms with Gasteiger partial charge in [0.2, 0.25) is 5.78 Å². The molecule has 4 rings (SSSR count). The Morgan fingerprint density at radius 2 is 1.78 bits per heavy atom. The molecule has 3 aliphatic carbocycles. The van der Waals surface area contributed by atoms with Crippen molar-refractivity contribution in [2.45, 2.75) is 65.1 Å². The van der Waals surface area contributed by atoms with Gasteiger partial charge in [-0.15, -0.1) is 0 Å². The van der Waals surface area contributed by atoms with Crippen molar-refractivity contribution < 1.29 is 29.6 Å². The van der Waals surface area contributed by atoms with E-state index in [0.717, 1.165) is 0 Å². The van der Waals surface area contributed by atoms with Crippen LogP contribution in [0, 0.1) is 40.4 Å². The number of hydrogen-bond donors (Lipinski definition) is 3. The molecule has 6 nitrogen and oxygen atoms in total. The van der Waals surface area contributed by atoms with E-state index >= 15 is 0 Å². The average Bonchev–Trinajstić information content (AvgIpc) is 2.61. The first-order chi connectivity index (χ1) is 12.6. The first-order valence-electron chi connectivity index (χ1n) is 10.1. The van der Waals surface area contributed by atoms with Crippen molar-refractivity contribution in [3.63, 3.8) is 0 Å². The number of ketones is 1. The van der Waals surface area contributed by atoms with Gasteiger partial charge in [0.1, 0.15) is 0 Å². The lowest BCUT2D eigenvalue weighted by molar-refractivity contribution is -0.325. The number of methoxy groups -OCH3 is 1. The summed E-state index contributed by atoms with van der Waals surface area (Å²) >= 11 is 0. The highest BCUT2D eigenvalue weighted by molar-refractivity contribution is 5.99. The molecule has 0 aromatic carbocycles. The average molecular weight is 380 g/mol. The van der Waals surface area contributed by atoms with Gasteiger partial charge in [-0.2, -0.15) is 0 Å². The summed E-state index contributed by atoms with van der Waals surface area (Å²) < 4.78 is 11.4. The van der Waals surface area contributed by atoms with Gasteiger partial charge in [0.05, 0.1) is 25.4 Å². The Labute approximate surface area is 160 Å². The number of allylic oxidation sites excluding steroid dienone is 2. The molecular formula is C21H32O6. The molecule has 2 saturated carbocycles. The van der Waals surface area contributed by atoms with E-state index in [0.29, 0.717) is 18.6 Å². The Bertz CT molecular complexity index is 676. The topological polar surface area (TPSA) is 96.2 Å². The summed E-state index contributed by atoms with van der Waals surface area (Å²) in [6, 6.07) is 0. The SMILES string of the molecule is COC1=C[C@@H](C)[C@@H]2C[C@H]3O[C@@H](O)C[C@H]4[C@@H](C)[C@H](O)[C@@H](O)[C@H]([C@@]2(C)C1=O)[C@@]34C. The van der Waals surface area contributed by atoms with E-state index < -0.39 is 35.2 Å². The molecular weight excluding hydrogens is 348 g/mol. The second-order valence-corrected chi connectivity index (χ2v) is 9.65. The van der Waals surface area contributed by atoms with Crippen molar-refractivity contribution in [1.82, 2.24) is 0 Å². The first kappa shape index (κ1) is 19.4. The minimum absolute atomic E-state index is 0.0348. The van der Waals surface area contributed by atoms with Crippen molar-refractivity contribution in [2.24, 2.45) is 40.4 Å². The van der Waals surface area contributed by atoms with Gasteiger partial charge in [0, 0.05) is 23.2 Å². The maximum atomic E-state index is 13.5. The third kappa shape index (κ3) is 2.24. The van der Waals surface area contributed by atoms with Gasteiger partial charge in [-0.25, -0.2) is 0 Å². The van der Waals surface area contributed by atoms with Gasteiger partial charge < -0.3 is 24.8 Å². The molecule has 27 heavy (non-hydrogen) atoms. The molecule has 0 unspecified atom stereocenters. The third-order valence-corrected chi connectivity index (χ3v) is 8.67. The summed E-state index contributed by atoms with van der Waals surface area (Å²) in [6.07, 6.45) is -0.173. The number of fused-ring (bicyclic) bond motifs is 2. The fourth-order valence-corrected chi connectivity index (χ4v) is 7.37. The zero-order chi connectivity index (χ0) is 19.9. The molecule has 0 amide bonds. The second-order valence-electron chi connectivity index (χ2n) is 9.65. The number of aliphatic hydroxyl groups is 3. The molecule has 1 saturated heterocycles. The summed E-state index contributed by atoms with van der Waals surface area (Å²) in [7, 11) is 1.50. The van der Waals surface area contributed by atoms with Crippen LogP contribution >= 0.6 is 0 Å². The number of rotatable bonds is 1. The number of carbonyl (C=O) groups excluding carboxylic acids is 1. The van der Waals surface area contributed by atoms with Gasteiger partial charge in [0.15, 0.2) is 12.0 Å². The van der Waals surface area contributed by atoms with Crippen molar-refractivity contribution in [1.29, 1.82) is 0 Å². The lowest BCUT2D eigenvalue weighted by atomic mass is 9.38. The molecule has 6 heteroatoms. The normalized spacial score (nSPS) is 57.4. The second kappa shape index (κ2) is 6.02. The zero-order valence-electron chi connectivity index (χ0n) is 16.8. The van der Waals surface area contributed by atoms with Crippen LogP contribution in [0.2, 0.25) is 0 Å². The Morgan fingerprint density at radius 3 is 2.41 bits per heavy atom. The number of aliphatic hydroxyl groups excluding tert-OH is 3. The minimum atomic E-state index is -1.03. The highest BCUT2D eigenvalue weighted by atomic mass is 16.6. The van der Waals surface area contributed by atoms with E-state index in [1.807, 2.05) is 19.9 Å². The molecule has 0 radical (unpaired) electrons. The molecule has 3 N–H and O–H groups in total. The van der Waals surface area contributed by atoms with E-state index in [4.69, 9.17) is 9.47 Å². The van der Waals surface area contributed by atoms with Gasteiger partial charge >= 0.3 is 0 Å². The van der Waals surface area contributed by atoms with E-state index in [2.05, 4.69) is 13.8 Å². The van der Waals surface area contributed by atoms with Crippen molar-refractivity contribution in [3.8, 4) is 0 Å². The lowest BCUT2D eigenvalue weighted by Gasteiger charge is -2.69. The maximum Gasteiger partial charge on any atom is 0.203 e. The van der Waals surface area contributed by atoms with E-state index in [1.165, 1.54) is 7.11 Å². The summed E-state index contributed by atoms with van der Waals surface area (Å²) in [4.78, 5) is 13.5. The van der Waals surface area contributed by atoms with Crippen molar-refractivity contribution >= 4 is 5.78 Å². The predicted octanol–water partition coefficient (Wildman–Crippen LogP) is 1.48. The van der Waals surface area contributed by atoms with Crippen LogP contribution in [0.25, 0.3) is 0 Å². The molecule has 4 aliphatic rings. The number of carbonyl (C=O) groups is 1. The molecule has 11 atom stereocenters. The first-order valence-corrected chi connectivity index (χ1v) is 10.1. The summed E-state index contributed by atoms with van der Waals surface area (Å²) in [5.41, 5.74) is -1.36. The van der Waals surface area contributed by atoms with E-state index in [1.54, 1.807) is 0 Å². The molecule has 0 spiro atoms. The lowest BCUT2D eigenvalue weighted by Crippen LogP contribution is -2.73. The number of hydrogen-bond acceptors (Lipinski definition) is 6. The standard InChI is InChI=1S/C21H32O6/c1-9-6-13(26-5)19(25)21(4)11(9)7-14-20(3)12(8-15(22)27-14)10(2)16(23)17(24)18(20)21/h6,9-12,14-18,22-24H,7-8H2,1-5H3/t9-,10-,11+,12+,14-,15-,16+,17-,18+,20-,21+/m1/s1. The third-order valence-electron chi connectivity index (χ3n) is 8.67. The monoisotopic (exact) mass is 380 g/mol. The van der Waals surface area contributed by atoms with E-state index in [-0.39, 0.29) is 35.6 Å². The molecule has 1 aliphatic heterocycles.